The maximum Gasteiger partial charge on any atom is 0.253 e. The van der Waals surface area contributed by atoms with E-state index in [1.165, 1.54) is 10.5 Å². The number of carbonyl (C=O) groups is 1. The van der Waals surface area contributed by atoms with Crippen LogP contribution in [0.4, 0.5) is 5.69 Å². The van der Waals surface area contributed by atoms with Crippen molar-refractivity contribution in [3.8, 4) is 5.75 Å². The highest BCUT2D eigenvalue weighted by Gasteiger charge is 2.22. The average molecular weight is 453 g/mol. The number of methoxy groups -OCH3 is 1. The van der Waals surface area contributed by atoms with Gasteiger partial charge in [-0.1, -0.05) is 23.7 Å². The van der Waals surface area contributed by atoms with E-state index >= 15 is 0 Å². The molecule has 3 aromatic rings. The van der Waals surface area contributed by atoms with E-state index in [4.69, 9.17) is 16.3 Å². The number of hydrogen-bond acceptors (Lipinski definition) is 4. The Hall–Kier alpha value is -2.63. The molecule has 31 heavy (non-hydrogen) atoms. The van der Waals surface area contributed by atoms with Crippen molar-refractivity contribution in [1.29, 1.82) is 0 Å². The Labute approximate surface area is 192 Å². The van der Waals surface area contributed by atoms with E-state index in [9.17, 15) is 4.79 Å². The van der Waals surface area contributed by atoms with Crippen LogP contribution in [0.3, 0.4) is 0 Å². The minimum atomic E-state index is 0.103. The van der Waals surface area contributed by atoms with Gasteiger partial charge in [0.15, 0.2) is 0 Å². The van der Waals surface area contributed by atoms with Gasteiger partial charge in [-0.05, 0) is 66.2 Å². The van der Waals surface area contributed by atoms with E-state index in [2.05, 4.69) is 17.0 Å². The van der Waals surface area contributed by atoms with Gasteiger partial charge >= 0.3 is 0 Å². The Morgan fingerprint density at radius 2 is 1.55 bits per heavy atom. The first-order chi connectivity index (χ1) is 15.1. The van der Waals surface area contributed by atoms with Crippen LogP contribution < -0.4 is 9.64 Å². The first kappa shape index (κ1) is 21.6. The van der Waals surface area contributed by atoms with Crippen molar-refractivity contribution in [2.24, 2.45) is 0 Å². The Kier molecular flexibility index (Phi) is 7.05. The lowest BCUT2D eigenvalue weighted by atomic mass is 10.1. The van der Waals surface area contributed by atoms with Crippen LogP contribution >= 0.6 is 23.4 Å². The monoisotopic (exact) mass is 452 g/mol. The summed E-state index contributed by atoms with van der Waals surface area (Å²) in [6.07, 6.45) is 0. The van der Waals surface area contributed by atoms with Crippen molar-refractivity contribution in [3.63, 3.8) is 0 Å². The first-order valence-corrected chi connectivity index (χ1v) is 11.6. The Morgan fingerprint density at radius 3 is 2.16 bits per heavy atom. The summed E-state index contributed by atoms with van der Waals surface area (Å²) in [4.78, 5) is 18.3. The summed E-state index contributed by atoms with van der Waals surface area (Å²) in [5, 5.41) is 0.747. The molecule has 1 fully saturated rings. The summed E-state index contributed by atoms with van der Waals surface area (Å²) in [6, 6.07) is 23.9. The van der Waals surface area contributed by atoms with E-state index < -0.39 is 0 Å². The summed E-state index contributed by atoms with van der Waals surface area (Å²) in [5.74, 6) is 1.82. The van der Waals surface area contributed by atoms with E-state index in [0.717, 1.165) is 54.0 Å². The maximum absolute atomic E-state index is 12.9. The molecular weight excluding hydrogens is 428 g/mol. The van der Waals surface area contributed by atoms with Crippen LogP contribution in [0.15, 0.2) is 77.7 Å². The van der Waals surface area contributed by atoms with Crippen LogP contribution in [0.2, 0.25) is 5.02 Å². The average Bonchev–Trinajstić information content (AvgIpc) is 2.84. The molecule has 1 aliphatic rings. The summed E-state index contributed by atoms with van der Waals surface area (Å²) >= 11 is 7.70. The Morgan fingerprint density at radius 1 is 0.903 bits per heavy atom. The fourth-order valence-electron chi connectivity index (χ4n) is 3.58. The van der Waals surface area contributed by atoms with Gasteiger partial charge in [0.2, 0.25) is 0 Å². The molecule has 4 rings (SSSR count). The zero-order valence-corrected chi connectivity index (χ0v) is 19.0. The Bertz CT molecular complexity index is 999. The highest BCUT2D eigenvalue weighted by molar-refractivity contribution is 7.98. The van der Waals surface area contributed by atoms with Crippen molar-refractivity contribution >= 4 is 35.0 Å². The third-order valence-electron chi connectivity index (χ3n) is 5.42. The molecule has 0 spiro atoms. The number of halogens is 1. The predicted octanol–water partition coefficient (Wildman–Crippen LogP) is 5.60. The van der Waals surface area contributed by atoms with Crippen molar-refractivity contribution in [1.82, 2.24) is 4.90 Å². The maximum atomic E-state index is 12.9. The lowest BCUT2D eigenvalue weighted by molar-refractivity contribution is 0.0747. The molecule has 0 radical (unpaired) electrons. The number of benzene rings is 3. The van der Waals surface area contributed by atoms with Crippen LogP contribution in [0.5, 0.6) is 5.75 Å². The third kappa shape index (κ3) is 5.54. The van der Waals surface area contributed by atoms with Gasteiger partial charge in [-0.3, -0.25) is 4.79 Å². The second-order valence-corrected chi connectivity index (χ2v) is 8.90. The smallest absolute Gasteiger partial charge is 0.253 e. The van der Waals surface area contributed by atoms with Gasteiger partial charge in [0.05, 0.1) is 7.11 Å². The zero-order valence-electron chi connectivity index (χ0n) is 17.5. The third-order valence-corrected chi connectivity index (χ3v) is 6.76. The molecule has 0 aromatic heterocycles. The van der Waals surface area contributed by atoms with E-state index in [1.807, 2.05) is 65.6 Å². The fraction of sp³-hybridized carbons (Fsp3) is 0.240. The van der Waals surface area contributed by atoms with Crippen LogP contribution in [-0.4, -0.2) is 44.1 Å². The topological polar surface area (TPSA) is 32.8 Å². The first-order valence-electron chi connectivity index (χ1n) is 10.3. The van der Waals surface area contributed by atoms with Crippen LogP contribution in [0.25, 0.3) is 0 Å². The van der Waals surface area contributed by atoms with Crippen molar-refractivity contribution in [2.75, 3.05) is 38.2 Å². The lowest BCUT2D eigenvalue weighted by Crippen LogP contribution is -2.48. The summed E-state index contributed by atoms with van der Waals surface area (Å²) in [5.41, 5.74) is 3.11. The van der Waals surface area contributed by atoms with Crippen molar-refractivity contribution < 1.29 is 9.53 Å². The minimum absolute atomic E-state index is 0.103. The molecule has 1 amide bonds. The summed E-state index contributed by atoms with van der Waals surface area (Å²) in [6.45, 7) is 3.10. The summed E-state index contributed by atoms with van der Waals surface area (Å²) in [7, 11) is 1.67. The van der Waals surface area contributed by atoms with Crippen molar-refractivity contribution in [3.05, 3.63) is 88.9 Å². The number of ether oxygens (including phenoxy) is 1. The number of hydrogen-bond donors (Lipinski definition) is 0. The Balaban J connectivity index is 1.29. The molecule has 1 heterocycles. The predicted molar refractivity (Wildman–Crippen MR) is 129 cm³/mol. The van der Waals surface area contributed by atoms with Gasteiger partial charge in [-0.2, -0.15) is 0 Å². The van der Waals surface area contributed by atoms with Gasteiger partial charge in [-0.25, -0.2) is 0 Å². The standard InChI is InChI=1S/C25H25ClN2O2S/c1-30-23-10-8-22(9-11-23)27-14-16-28(17-15-27)25(29)20-4-2-19(3-5-20)18-31-24-12-6-21(26)7-13-24/h2-13H,14-18H2,1H3. The molecule has 0 bridgehead atoms. The molecule has 0 unspecified atom stereocenters. The van der Waals surface area contributed by atoms with E-state index in [-0.39, 0.29) is 5.91 Å². The number of amides is 1. The second kappa shape index (κ2) is 10.1. The number of anilines is 1. The van der Waals surface area contributed by atoms with Gasteiger partial charge < -0.3 is 14.5 Å². The zero-order chi connectivity index (χ0) is 21.6. The molecule has 3 aromatic carbocycles. The van der Waals surface area contributed by atoms with Gasteiger partial charge in [0, 0.05) is 53.1 Å². The quantitative estimate of drug-likeness (QED) is 0.455. The molecule has 1 saturated heterocycles. The van der Waals surface area contributed by atoms with E-state index in [0.29, 0.717) is 0 Å². The molecule has 0 aliphatic carbocycles. The number of nitrogens with zero attached hydrogens (tertiary/aromatic N) is 2. The summed E-state index contributed by atoms with van der Waals surface area (Å²) < 4.78 is 5.23. The fourth-order valence-corrected chi connectivity index (χ4v) is 4.56. The number of thioether (sulfide) groups is 1. The highest BCUT2D eigenvalue weighted by Crippen LogP contribution is 2.25. The molecule has 0 atom stereocenters. The molecule has 4 nitrogen and oxygen atoms in total. The van der Waals surface area contributed by atoms with Crippen LogP contribution in [0, 0.1) is 0 Å². The normalized spacial score (nSPS) is 13.9. The molecule has 0 N–H and O–H groups in total. The lowest BCUT2D eigenvalue weighted by Gasteiger charge is -2.36. The van der Waals surface area contributed by atoms with Crippen LogP contribution in [0.1, 0.15) is 15.9 Å². The van der Waals surface area contributed by atoms with Crippen molar-refractivity contribution in [2.45, 2.75) is 10.6 Å². The number of rotatable bonds is 6. The molecule has 1 aliphatic heterocycles. The van der Waals surface area contributed by atoms with Gasteiger partial charge in [0.1, 0.15) is 5.75 Å². The van der Waals surface area contributed by atoms with Gasteiger partial charge in [0.25, 0.3) is 5.91 Å². The SMILES string of the molecule is COc1ccc(N2CCN(C(=O)c3ccc(CSc4ccc(Cl)cc4)cc3)CC2)cc1. The largest absolute Gasteiger partial charge is 0.497 e. The molecule has 160 valence electrons. The highest BCUT2D eigenvalue weighted by atomic mass is 35.5. The van der Waals surface area contributed by atoms with Crippen LogP contribution in [-0.2, 0) is 5.75 Å². The second-order valence-electron chi connectivity index (χ2n) is 7.42. The molecule has 0 saturated carbocycles. The molecular formula is C25H25ClN2O2S. The number of carbonyl (C=O) groups excluding carboxylic acids is 1. The van der Waals surface area contributed by atoms with Gasteiger partial charge in [-0.15, -0.1) is 11.8 Å². The number of piperazine rings is 1. The van der Waals surface area contributed by atoms with E-state index in [1.54, 1.807) is 18.9 Å². The molecule has 6 heteroatoms. The minimum Gasteiger partial charge on any atom is -0.497 e.